The number of nitrogens with one attached hydrogen (secondary N) is 2. The standard InChI is InChI=1S/C17H21N3O5/c21-15-10-19-17(23)20(15)8-7-18-16(22)12-3-5-13(6-4-12)25-11-14-2-1-9-24-14/h3-6,14H,1-2,7-11H2,(H,18,22)(H,19,23)/t14-/m0/s1. The van der Waals surface area contributed by atoms with E-state index in [0.29, 0.717) is 17.9 Å². The second-order valence-electron chi connectivity index (χ2n) is 5.93. The SMILES string of the molecule is O=C(NCCN1C(=O)CNC1=O)c1ccc(OC[C@@H]2CCCO2)cc1. The summed E-state index contributed by atoms with van der Waals surface area (Å²) in [7, 11) is 0. The second kappa shape index (κ2) is 7.98. The lowest BCUT2D eigenvalue weighted by molar-refractivity contribution is -0.124. The molecule has 0 aliphatic carbocycles. The third kappa shape index (κ3) is 4.48. The Balaban J connectivity index is 1.42. The largest absolute Gasteiger partial charge is 0.491 e. The van der Waals surface area contributed by atoms with Crippen molar-refractivity contribution in [2.75, 3.05) is 32.8 Å². The molecule has 1 aromatic carbocycles. The van der Waals surface area contributed by atoms with Gasteiger partial charge in [0.25, 0.3) is 5.91 Å². The third-order valence-corrected chi connectivity index (χ3v) is 4.13. The highest BCUT2D eigenvalue weighted by Gasteiger charge is 2.27. The molecule has 2 aliphatic rings. The van der Waals surface area contributed by atoms with Gasteiger partial charge < -0.3 is 20.1 Å². The Morgan fingerprint density at radius 1 is 1.32 bits per heavy atom. The summed E-state index contributed by atoms with van der Waals surface area (Å²) in [5.74, 6) is 0.135. The summed E-state index contributed by atoms with van der Waals surface area (Å²) in [6, 6.07) is 6.40. The molecule has 1 atom stereocenters. The van der Waals surface area contributed by atoms with Crippen molar-refractivity contribution < 1.29 is 23.9 Å². The van der Waals surface area contributed by atoms with Gasteiger partial charge in [0.2, 0.25) is 5.91 Å². The summed E-state index contributed by atoms with van der Waals surface area (Å²) in [6.07, 6.45) is 2.23. The van der Waals surface area contributed by atoms with E-state index in [-0.39, 0.29) is 37.6 Å². The van der Waals surface area contributed by atoms with Crippen LogP contribution < -0.4 is 15.4 Å². The maximum absolute atomic E-state index is 12.1. The Kier molecular flexibility index (Phi) is 5.49. The highest BCUT2D eigenvalue weighted by Crippen LogP contribution is 2.16. The van der Waals surface area contributed by atoms with Crippen molar-refractivity contribution >= 4 is 17.8 Å². The first-order valence-corrected chi connectivity index (χ1v) is 8.34. The van der Waals surface area contributed by atoms with Crippen LogP contribution in [0.4, 0.5) is 4.79 Å². The summed E-state index contributed by atoms with van der Waals surface area (Å²) < 4.78 is 11.1. The van der Waals surface area contributed by atoms with Gasteiger partial charge in [-0.25, -0.2) is 4.79 Å². The number of carbonyl (C=O) groups is 3. The number of amides is 4. The molecule has 2 fully saturated rings. The number of urea groups is 1. The minimum absolute atomic E-state index is 0.0140. The fourth-order valence-corrected chi connectivity index (χ4v) is 2.73. The van der Waals surface area contributed by atoms with Crippen molar-refractivity contribution in [3.8, 4) is 5.75 Å². The average Bonchev–Trinajstić information content (AvgIpc) is 3.25. The van der Waals surface area contributed by atoms with Crippen molar-refractivity contribution in [3.05, 3.63) is 29.8 Å². The summed E-state index contributed by atoms with van der Waals surface area (Å²) in [4.78, 5) is 36.0. The van der Waals surface area contributed by atoms with E-state index >= 15 is 0 Å². The van der Waals surface area contributed by atoms with Gasteiger partial charge in [0, 0.05) is 25.3 Å². The molecule has 3 rings (SSSR count). The molecule has 0 aromatic heterocycles. The molecule has 0 saturated carbocycles. The van der Waals surface area contributed by atoms with Crippen LogP contribution in [0.3, 0.4) is 0 Å². The van der Waals surface area contributed by atoms with E-state index in [1.165, 1.54) is 0 Å². The van der Waals surface area contributed by atoms with Crippen LogP contribution in [0.15, 0.2) is 24.3 Å². The lowest BCUT2D eigenvalue weighted by Crippen LogP contribution is -2.38. The highest BCUT2D eigenvalue weighted by atomic mass is 16.5. The maximum atomic E-state index is 12.1. The van der Waals surface area contributed by atoms with Crippen LogP contribution in [-0.4, -0.2) is 61.7 Å². The van der Waals surface area contributed by atoms with Gasteiger partial charge in [-0.15, -0.1) is 0 Å². The summed E-state index contributed by atoms with van der Waals surface area (Å²) >= 11 is 0. The number of imide groups is 1. The molecule has 2 aliphatic heterocycles. The lowest BCUT2D eigenvalue weighted by Gasteiger charge is -2.13. The van der Waals surface area contributed by atoms with Gasteiger partial charge in [0.15, 0.2) is 0 Å². The zero-order chi connectivity index (χ0) is 17.6. The molecule has 8 nitrogen and oxygen atoms in total. The Bertz CT molecular complexity index is 624. The molecular weight excluding hydrogens is 326 g/mol. The van der Waals surface area contributed by atoms with E-state index in [1.54, 1.807) is 24.3 Å². The number of ether oxygens (including phenoxy) is 2. The molecule has 2 saturated heterocycles. The summed E-state index contributed by atoms with van der Waals surface area (Å²) in [5, 5.41) is 5.12. The van der Waals surface area contributed by atoms with Crippen LogP contribution in [0.5, 0.6) is 5.75 Å². The fraction of sp³-hybridized carbons (Fsp3) is 0.471. The van der Waals surface area contributed by atoms with Crippen LogP contribution in [0.25, 0.3) is 0 Å². The molecule has 0 spiro atoms. The van der Waals surface area contributed by atoms with Crippen molar-refractivity contribution in [2.45, 2.75) is 18.9 Å². The lowest BCUT2D eigenvalue weighted by atomic mass is 10.2. The number of hydrogen-bond donors (Lipinski definition) is 2. The van der Waals surface area contributed by atoms with Gasteiger partial charge in [-0.3, -0.25) is 14.5 Å². The van der Waals surface area contributed by atoms with Crippen molar-refractivity contribution in [1.82, 2.24) is 15.5 Å². The number of hydrogen-bond acceptors (Lipinski definition) is 5. The van der Waals surface area contributed by atoms with Crippen LogP contribution >= 0.6 is 0 Å². The number of nitrogens with zero attached hydrogens (tertiary/aromatic N) is 1. The van der Waals surface area contributed by atoms with Crippen LogP contribution in [-0.2, 0) is 9.53 Å². The van der Waals surface area contributed by atoms with Gasteiger partial charge in [-0.1, -0.05) is 0 Å². The quantitative estimate of drug-likeness (QED) is 0.701. The van der Waals surface area contributed by atoms with E-state index in [9.17, 15) is 14.4 Å². The van der Waals surface area contributed by atoms with E-state index in [4.69, 9.17) is 9.47 Å². The topological polar surface area (TPSA) is 97.0 Å². The van der Waals surface area contributed by atoms with Gasteiger partial charge in [0.05, 0.1) is 12.6 Å². The van der Waals surface area contributed by atoms with E-state index in [0.717, 1.165) is 24.3 Å². The van der Waals surface area contributed by atoms with Crippen LogP contribution in [0.1, 0.15) is 23.2 Å². The Morgan fingerprint density at radius 3 is 2.76 bits per heavy atom. The van der Waals surface area contributed by atoms with Crippen molar-refractivity contribution in [2.24, 2.45) is 0 Å². The minimum Gasteiger partial charge on any atom is -0.491 e. The molecule has 1 aromatic rings. The van der Waals surface area contributed by atoms with Gasteiger partial charge in [-0.2, -0.15) is 0 Å². The zero-order valence-electron chi connectivity index (χ0n) is 13.8. The predicted octanol–water partition coefficient (Wildman–Crippen LogP) is 0.526. The average molecular weight is 347 g/mol. The molecule has 0 unspecified atom stereocenters. The summed E-state index contributed by atoms with van der Waals surface area (Å²) in [5.41, 5.74) is 0.488. The first-order chi connectivity index (χ1) is 12.1. The number of rotatable bonds is 7. The van der Waals surface area contributed by atoms with Crippen molar-refractivity contribution in [1.29, 1.82) is 0 Å². The molecule has 2 heterocycles. The summed E-state index contributed by atoms with van der Waals surface area (Å²) in [6.45, 7) is 1.67. The third-order valence-electron chi connectivity index (χ3n) is 4.13. The Morgan fingerprint density at radius 2 is 2.12 bits per heavy atom. The Hall–Kier alpha value is -2.61. The van der Waals surface area contributed by atoms with E-state index in [1.807, 2.05) is 0 Å². The molecule has 8 heteroatoms. The second-order valence-corrected chi connectivity index (χ2v) is 5.93. The normalized spacial score (nSPS) is 19.8. The molecule has 0 bridgehead atoms. The maximum Gasteiger partial charge on any atom is 0.324 e. The van der Waals surface area contributed by atoms with Gasteiger partial charge >= 0.3 is 6.03 Å². The molecule has 0 radical (unpaired) electrons. The molecule has 134 valence electrons. The molecule has 25 heavy (non-hydrogen) atoms. The fourth-order valence-electron chi connectivity index (χ4n) is 2.73. The smallest absolute Gasteiger partial charge is 0.324 e. The Labute approximate surface area is 145 Å². The monoisotopic (exact) mass is 347 g/mol. The number of benzene rings is 1. The van der Waals surface area contributed by atoms with Crippen molar-refractivity contribution in [3.63, 3.8) is 0 Å². The van der Waals surface area contributed by atoms with E-state index in [2.05, 4.69) is 10.6 Å². The highest BCUT2D eigenvalue weighted by molar-refractivity contribution is 6.02. The van der Waals surface area contributed by atoms with E-state index < -0.39 is 6.03 Å². The first kappa shape index (κ1) is 17.2. The van der Waals surface area contributed by atoms with Gasteiger partial charge in [0.1, 0.15) is 12.4 Å². The molecule has 4 amide bonds. The minimum atomic E-state index is -0.424. The first-order valence-electron chi connectivity index (χ1n) is 8.34. The van der Waals surface area contributed by atoms with Crippen LogP contribution in [0.2, 0.25) is 0 Å². The number of carbonyl (C=O) groups excluding carboxylic acids is 3. The van der Waals surface area contributed by atoms with Crippen LogP contribution in [0, 0.1) is 0 Å². The molecule has 2 N–H and O–H groups in total. The zero-order valence-corrected chi connectivity index (χ0v) is 13.8. The van der Waals surface area contributed by atoms with Gasteiger partial charge in [-0.05, 0) is 37.1 Å². The molecular formula is C17H21N3O5. The predicted molar refractivity (Wildman–Crippen MR) is 88.4 cm³/mol.